The zero-order valence-electron chi connectivity index (χ0n) is 14.3. The van der Waals surface area contributed by atoms with Gasteiger partial charge in [-0.2, -0.15) is 4.99 Å². The van der Waals surface area contributed by atoms with Gasteiger partial charge in [-0.3, -0.25) is 4.79 Å². The molecule has 4 rings (SSSR count). The van der Waals surface area contributed by atoms with E-state index in [-0.39, 0.29) is 5.91 Å². The van der Waals surface area contributed by atoms with Crippen LogP contribution in [0.1, 0.15) is 21.5 Å². The molecule has 0 fully saturated rings. The number of carbonyl (C=O) groups is 1. The summed E-state index contributed by atoms with van der Waals surface area (Å²) in [6, 6.07) is 9.45. The van der Waals surface area contributed by atoms with Crippen molar-refractivity contribution >= 4 is 27.5 Å². The minimum Gasteiger partial charge on any atom is -0.486 e. The zero-order chi connectivity index (χ0) is 17.6. The minimum atomic E-state index is -0.285. The Labute approximate surface area is 149 Å². The van der Waals surface area contributed by atoms with Gasteiger partial charge in [0.05, 0.1) is 10.2 Å². The Morgan fingerprint density at radius 2 is 1.80 bits per heavy atom. The quantitative estimate of drug-likeness (QED) is 0.673. The number of aromatic nitrogens is 1. The third-order valence-corrected chi connectivity index (χ3v) is 5.51. The van der Waals surface area contributed by atoms with E-state index in [1.807, 2.05) is 11.6 Å². The van der Waals surface area contributed by atoms with Gasteiger partial charge in [0.25, 0.3) is 5.91 Å². The van der Waals surface area contributed by atoms with Crippen LogP contribution in [-0.2, 0) is 7.05 Å². The first-order chi connectivity index (χ1) is 12.0. The van der Waals surface area contributed by atoms with E-state index in [4.69, 9.17) is 9.47 Å². The fourth-order valence-corrected chi connectivity index (χ4v) is 3.91. The minimum absolute atomic E-state index is 0.285. The van der Waals surface area contributed by atoms with Gasteiger partial charge in [-0.1, -0.05) is 11.3 Å². The molecule has 5 nitrogen and oxygen atoms in total. The number of hydrogen-bond donors (Lipinski definition) is 0. The second kappa shape index (κ2) is 6.04. The van der Waals surface area contributed by atoms with Crippen molar-refractivity contribution in [1.82, 2.24) is 4.57 Å². The number of amides is 1. The van der Waals surface area contributed by atoms with Crippen LogP contribution in [0.5, 0.6) is 11.5 Å². The van der Waals surface area contributed by atoms with Gasteiger partial charge in [0.1, 0.15) is 13.2 Å². The van der Waals surface area contributed by atoms with E-state index in [1.54, 1.807) is 18.2 Å². The lowest BCUT2D eigenvalue weighted by Crippen LogP contribution is -2.16. The van der Waals surface area contributed by atoms with Crippen LogP contribution in [0.2, 0.25) is 0 Å². The largest absolute Gasteiger partial charge is 0.486 e. The molecule has 1 amide bonds. The summed E-state index contributed by atoms with van der Waals surface area (Å²) < 4.78 is 14.1. The molecular weight excluding hydrogens is 336 g/mol. The van der Waals surface area contributed by atoms with Crippen LogP contribution in [0.25, 0.3) is 10.2 Å². The third-order valence-electron chi connectivity index (χ3n) is 4.41. The fourth-order valence-electron chi connectivity index (χ4n) is 2.81. The van der Waals surface area contributed by atoms with E-state index in [0.29, 0.717) is 35.1 Å². The molecule has 0 atom stereocenters. The number of ether oxygens (including phenoxy) is 2. The van der Waals surface area contributed by atoms with Crippen LogP contribution in [0.4, 0.5) is 0 Å². The highest BCUT2D eigenvalue weighted by molar-refractivity contribution is 7.16. The molecule has 0 bridgehead atoms. The highest BCUT2D eigenvalue weighted by atomic mass is 32.1. The van der Waals surface area contributed by atoms with E-state index in [2.05, 4.69) is 31.0 Å². The number of aryl methyl sites for hydroxylation is 3. The summed E-state index contributed by atoms with van der Waals surface area (Å²) >= 11 is 1.52. The normalized spacial score (nSPS) is 14.1. The SMILES string of the molecule is Cc1cc2sc(=NC(=O)c3ccc4c(c3)OCCO4)n(C)c2cc1C. The Morgan fingerprint density at radius 1 is 1.08 bits per heavy atom. The third kappa shape index (κ3) is 2.82. The van der Waals surface area contributed by atoms with Gasteiger partial charge in [0.2, 0.25) is 0 Å². The molecule has 1 aliphatic rings. The standard InChI is InChI=1S/C19H18N2O3S/c1-11-8-14-17(9-12(11)2)25-19(21(14)3)20-18(22)13-4-5-15-16(10-13)24-7-6-23-15/h4-5,8-10H,6-7H2,1-3H3. The molecule has 1 aliphatic heterocycles. The lowest BCUT2D eigenvalue weighted by Gasteiger charge is -2.18. The summed E-state index contributed by atoms with van der Waals surface area (Å²) in [6.45, 7) is 5.20. The molecule has 0 saturated heterocycles. The van der Waals surface area contributed by atoms with E-state index in [9.17, 15) is 4.79 Å². The van der Waals surface area contributed by atoms with Crippen LogP contribution in [0.15, 0.2) is 35.3 Å². The van der Waals surface area contributed by atoms with E-state index < -0.39 is 0 Å². The average molecular weight is 354 g/mol. The molecule has 128 valence electrons. The summed E-state index contributed by atoms with van der Waals surface area (Å²) in [5.74, 6) is 0.980. The topological polar surface area (TPSA) is 52.8 Å². The lowest BCUT2D eigenvalue weighted by molar-refractivity contribution is 0.0996. The molecule has 3 aromatic rings. The molecule has 25 heavy (non-hydrogen) atoms. The zero-order valence-corrected chi connectivity index (χ0v) is 15.1. The van der Waals surface area contributed by atoms with Crippen LogP contribution < -0.4 is 14.3 Å². The van der Waals surface area contributed by atoms with Crippen molar-refractivity contribution in [3.05, 3.63) is 51.8 Å². The Morgan fingerprint density at radius 3 is 2.60 bits per heavy atom. The maximum atomic E-state index is 12.6. The second-order valence-corrected chi connectivity index (χ2v) is 7.13. The van der Waals surface area contributed by atoms with Gasteiger partial charge in [-0.05, 0) is 55.3 Å². The van der Waals surface area contributed by atoms with Gasteiger partial charge < -0.3 is 14.0 Å². The highest BCUT2D eigenvalue weighted by Crippen LogP contribution is 2.31. The Bertz CT molecular complexity index is 1060. The summed E-state index contributed by atoms with van der Waals surface area (Å²) in [5.41, 5.74) is 4.04. The maximum Gasteiger partial charge on any atom is 0.279 e. The molecule has 0 N–H and O–H groups in total. The van der Waals surface area contributed by atoms with Crippen LogP contribution in [0.3, 0.4) is 0 Å². The first kappa shape index (κ1) is 15.9. The van der Waals surface area contributed by atoms with Crippen LogP contribution in [0, 0.1) is 13.8 Å². The molecule has 2 aromatic carbocycles. The second-order valence-electron chi connectivity index (χ2n) is 6.12. The predicted octanol–water partition coefficient (Wildman–Crippen LogP) is 3.37. The van der Waals surface area contributed by atoms with Crippen LogP contribution >= 0.6 is 11.3 Å². The molecule has 0 aliphatic carbocycles. The Hall–Kier alpha value is -2.60. The molecule has 0 spiro atoms. The van der Waals surface area contributed by atoms with Gasteiger partial charge in [0.15, 0.2) is 16.3 Å². The van der Waals surface area contributed by atoms with Crippen molar-refractivity contribution < 1.29 is 14.3 Å². The fraction of sp³-hybridized carbons (Fsp3) is 0.263. The molecule has 2 heterocycles. The van der Waals surface area contributed by atoms with Gasteiger partial charge in [-0.15, -0.1) is 0 Å². The molecule has 1 aromatic heterocycles. The smallest absolute Gasteiger partial charge is 0.279 e. The number of carbonyl (C=O) groups excluding carboxylic acids is 1. The Kier molecular flexibility index (Phi) is 3.84. The maximum absolute atomic E-state index is 12.6. The number of rotatable bonds is 1. The summed E-state index contributed by atoms with van der Waals surface area (Å²) in [7, 11) is 1.93. The number of nitrogens with zero attached hydrogens (tertiary/aromatic N) is 2. The first-order valence-corrected chi connectivity index (χ1v) is 8.90. The van der Waals surface area contributed by atoms with Crippen molar-refractivity contribution in [3.8, 4) is 11.5 Å². The molecular formula is C19H18N2O3S. The highest BCUT2D eigenvalue weighted by Gasteiger charge is 2.15. The number of hydrogen-bond acceptors (Lipinski definition) is 4. The Balaban J connectivity index is 1.76. The predicted molar refractivity (Wildman–Crippen MR) is 97.6 cm³/mol. The van der Waals surface area contributed by atoms with Crippen molar-refractivity contribution in [2.24, 2.45) is 12.0 Å². The molecule has 0 radical (unpaired) electrons. The van der Waals surface area contributed by atoms with E-state index in [1.165, 1.54) is 22.5 Å². The van der Waals surface area contributed by atoms with Gasteiger partial charge >= 0.3 is 0 Å². The molecule has 6 heteroatoms. The van der Waals surface area contributed by atoms with Gasteiger partial charge in [-0.25, -0.2) is 0 Å². The summed E-state index contributed by atoms with van der Waals surface area (Å²) in [6.07, 6.45) is 0. The van der Waals surface area contributed by atoms with Crippen molar-refractivity contribution in [3.63, 3.8) is 0 Å². The first-order valence-electron chi connectivity index (χ1n) is 8.08. The van der Waals surface area contributed by atoms with Crippen molar-refractivity contribution in [1.29, 1.82) is 0 Å². The van der Waals surface area contributed by atoms with E-state index in [0.717, 1.165) is 10.2 Å². The summed E-state index contributed by atoms with van der Waals surface area (Å²) in [4.78, 5) is 17.6. The van der Waals surface area contributed by atoms with Gasteiger partial charge in [0, 0.05) is 12.6 Å². The van der Waals surface area contributed by atoms with Crippen molar-refractivity contribution in [2.45, 2.75) is 13.8 Å². The average Bonchev–Trinajstić information content (AvgIpc) is 2.90. The van der Waals surface area contributed by atoms with E-state index >= 15 is 0 Å². The molecule has 0 saturated carbocycles. The number of thiazole rings is 1. The molecule has 0 unspecified atom stereocenters. The van der Waals surface area contributed by atoms with Crippen molar-refractivity contribution in [2.75, 3.05) is 13.2 Å². The summed E-state index contributed by atoms with van der Waals surface area (Å²) in [5, 5.41) is 0. The number of benzene rings is 2. The number of fused-ring (bicyclic) bond motifs is 2. The van der Waals surface area contributed by atoms with Crippen LogP contribution in [-0.4, -0.2) is 23.7 Å². The monoisotopic (exact) mass is 354 g/mol. The lowest BCUT2D eigenvalue weighted by atomic mass is 10.1.